The van der Waals surface area contributed by atoms with Crippen LogP contribution in [-0.2, 0) is 23.6 Å². The molecule has 2 aliphatic rings. The molecule has 0 unspecified atom stereocenters. The third-order valence-electron chi connectivity index (χ3n) is 5.86. The highest BCUT2D eigenvalue weighted by atomic mass is 32.2. The number of imidazole rings is 1. The Kier molecular flexibility index (Phi) is 4.66. The molecular formula is C18H26N4O3S. The van der Waals surface area contributed by atoms with Crippen LogP contribution in [0.25, 0.3) is 0 Å². The first kappa shape index (κ1) is 17.8. The normalized spacial score (nSPS) is 27.1. The van der Waals surface area contributed by atoms with Crippen LogP contribution in [0.3, 0.4) is 0 Å². The monoisotopic (exact) mass is 378 g/mol. The maximum absolute atomic E-state index is 12.9. The molecule has 0 spiro atoms. The number of hydrogen-bond acceptors (Lipinski definition) is 5. The lowest BCUT2D eigenvalue weighted by molar-refractivity contribution is 0.0999. The van der Waals surface area contributed by atoms with E-state index in [1.807, 2.05) is 12.1 Å². The van der Waals surface area contributed by atoms with Crippen LogP contribution in [0.1, 0.15) is 25.0 Å². The average Bonchev–Trinajstić information content (AvgIpc) is 3.34. The standard InChI is InChI=1S/C18H26N4O3S/c1-20-12-18(19-13-20)26(23,24)22-9-14-5-3-7-17(16(14)11-22)21(2)10-15-6-4-8-25-15/h4,6,8,12-14,16-17H,3,5,7,9-11H2,1-2H3/t14-,16-,17-/m1/s1. The summed E-state index contributed by atoms with van der Waals surface area (Å²) in [7, 11) is 0.393. The molecule has 7 nitrogen and oxygen atoms in total. The van der Waals surface area contributed by atoms with Crippen molar-refractivity contribution in [1.29, 1.82) is 0 Å². The molecule has 0 aromatic carbocycles. The van der Waals surface area contributed by atoms with Crippen LogP contribution in [0.2, 0.25) is 0 Å². The SMILES string of the molecule is CN(Cc1ccco1)[C@@H]1CCC[C@@H]2CN(S(=O)(=O)c3cn(C)cn3)C[C@H]21. The third kappa shape index (κ3) is 3.21. The molecule has 26 heavy (non-hydrogen) atoms. The van der Waals surface area contributed by atoms with Crippen molar-refractivity contribution in [1.82, 2.24) is 18.8 Å². The predicted octanol–water partition coefficient (Wildman–Crippen LogP) is 1.93. The van der Waals surface area contributed by atoms with Crippen molar-refractivity contribution in [3.8, 4) is 0 Å². The molecule has 142 valence electrons. The number of aromatic nitrogens is 2. The van der Waals surface area contributed by atoms with Crippen LogP contribution >= 0.6 is 0 Å². The Morgan fingerprint density at radius 3 is 2.88 bits per heavy atom. The Bertz CT molecular complexity index is 846. The number of nitrogens with zero attached hydrogens (tertiary/aromatic N) is 4. The second-order valence-electron chi connectivity index (χ2n) is 7.62. The topological polar surface area (TPSA) is 71.6 Å². The molecule has 8 heteroatoms. The first-order chi connectivity index (χ1) is 12.4. The zero-order valence-corrected chi connectivity index (χ0v) is 16.1. The molecule has 1 saturated carbocycles. The molecule has 3 atom stereocenters. The summed E-state index contributed by atoms with van der Waals surface area (Å²) in [5.74, 6) is 1.74. The summed E-state index contributed by atoms with van der Waals surface area (Å²) in [4.78, 5) is 6.39. The smallest absolute Gasteiger partial charge is 0.262 e. The van der Waals surface area contributed by atoms with Crippen LogP contribution in [0, 0.1) is 11.8 Å². The van der Waals surface area contributed by atoms with Crippen LogP contribution in [0.5, 0.6) is 0 Å². The lowest BCUT2D eigenvalue weighted by atomic mass is 9.77. The number of aryl methyl sites for hydroxylation is 1. The van der Waals surface area contributed by atoms with Crippen molar-refractivity contribution < 1.29 is 12.8 Å². The van der Waals surface area contributed by atoms with Gasteiger partial charge in [0.2, 0.25) is 0 Å². The maximum atomic E-state index is 12.9. The van der Waals surface area contributed by atoms with Gasteiger partial charge in [-0.05, 0) is 43.9 Å². The van der Waals surface area contributed by atoms with E-state index >= 15 is 0 Å². The Labute approximate surface area is 154 Å². The number of sulfonamides is 1. The van der Waals surface area contributed by atoms with Gasteiger partial charge >= 0.3 is 0 Å². The van der Waals surface area contributed by atoms with Crippen LogP contribution in [0.4, 0.5) is 0 Å². The van der Waals surface area contributed by atoms with Crippen molar-refractivity contribution >= 4 is 10.0 Å². The van der Waals surface area contributed by atoms with E-state index in [-0.39, 0.29) is 5.03 Å². The number of furan rings is 1. The molecule has 1 saturated heterocycles. The van der Waals surface area contributed by atoms with Gasteiger partial charge in [0.1, 0.15) is 5.76 Å². The van der Waals surface area contributed by atoms with E-state index in [4.69, 9.17) is 4.42 Å². The van der Waals surface area contributed by atoms with Gasteiger partial charge in [-0.25, -0.2) is 13.4 Å². The molecule has 1 aliphatic carbocycles. The summed E-state index contributed by atoms with van der Waals surface area (Å²) in [6, 6.07) is 4.27. The molecule has 2 aromatic rings. The highest BCUT2D eigenvalue weighted by Crippen LogP contribution is 2.40. The summed E-state index contributed by atoms with van der Waals surface area (Å²) in [6.45, 7) is 1.94. The minimum absolute atomic E-state index is 0.152. The molecule has 0 radical (unpaired) electrons. The van der Waals surface area contributed by atoms with Gasteiger partial charge in [-0.1, -0.05) is 6.42 Å². The number of rotatable bonds is 5. The quantitative estimate of drug-likeness (QED) is 0.795. The van der Waals surface area contributed by atoms with Crippen molar-refractivity contribution in [3.63, 3.8) is 0 Å². The number of fused-ring (bicyclic) bond motifs is 1. The highest BCUT2D eigenvalue weighted by Gasteiger charge is 2.45. The molecule has 0 N–H and O–H groups in total. The van der Waals surface area contributed by atoms with Gasteiger partial charge in [-0.3, -0.25) is 4.90 Å². The minimum atomic E-state index is -3.51. The largest absolute Gasteiger partial charge is 0.468 e. The molecular weight excluding hydrogens is 352 g/mol. The van der Waals surface area contributed by atoms with E-state index < -0.39 is 10.0 Å². The zero-order valence-electron chi connectivity index (χ0n) is 15.3. The third-order valence-corrected chi connectivity index (χ3v) is 7.58. The second-order valence-corrected chi connectivity index (χ2v) is 9.50. The predicted molar refractivity (Wildman–Crippen MR) is 96.8 cm³/mol. The summed E-state index contributed by atoms with van der Waals surface area (Å²) < 4.78 is 34.7. The summed E-state index contributed by atoms with van der Waals surface area (Å²) in [5, 5.41) is 0.152. The van der Waals surface area contributed by atoms with Crippen LogP contribution in [-0.4, -0.2) is 53.4 Å². The average molecular weight is 378 g/mol. The van der Waals surface area contributed by atoms with Crippen molar-refractivity contribution in [2.45, 2.75) is 36.9 Å². The van der Waals surface area contributed by atoms with Gasteiger partial charge in [-0.15, -0.1) is 0 Å². The van der Waals surface area contributed by atoms with Gasteiger partial charge in [0.15, 0.2) is 5.03 Å². The maximum Gasteiger partial charge on any atom is 0.262 e. The fourth-order valence-corrected chi connectivity index (χ4v) is 6.06. The van der Waals surface area contributed by atoms with Gasteiger partial charge < -0.3 is 8.98 Å². The highest BCUT2D eigenvalue weighted by molar-refractivity contribution is 7.89. The molecule has 4 rings (SSSR count). The van der Waals surface area contributed by atoms with Gasteiger partial charge in [0.05, 0.1) is 19.1 Å². The molecule has 2 aromatic heterocycles. The molecule has 3 heterocycles. The zero-order chi connectivity index (χ0) is 18.3. The summed E-state index contributed by atoms with van der Waals surface area (Å²) in [5.41, 5.74) is 0. The summed E-state index contributed by atoms with van der Waals surface area (Å²) >= 11 is 0. The lowest BCUT2D eigenvalue weighted by Crippen LogP contribution is -2.43. The molecule has 2 fully saturated rings. The fourth-order valence-electron chi connectivity index (χ4n) is 4.56. The van der Waals surface area contributed by atoms with Crippen LogP contribution < -0.4 is 0 Å². The van der Waals surface area contributed by atoms with E-state index in [0.717, 1.165) is 31.6 Å². The summed E-state index contributed by atoms with van der Waals surface area (Å²) in [6.07, 6.45) is 8.17. The number of hydrogen-bond donors (Lipinski definition) is 0. The molecule has 1 aliphatic heterocycles. The van der Waals surface area contributed by atoms with Crippen molar-refractivity contribution in [3.05, 3.63) is 36.7 Å². The lowest BCUT2D eigenvalue weighted by Gasteiger charge is -2.38. The van der Waals surface area contributed by atoms with E-state index in [1.54, 1.807) is 28.4 Å². The molecule has 0 bridgehead atoms. The molecule has 0 amide bonds. The Morgan fingerprint density at radius 2 is 2.19 bits per heavy atom. The minimum Gasteiger partial charge on any atom is -0.468 e. The first-order valence-electron chi connectivity index (χ1n) is 9.16. The first-order valence-corrected chi connectivity index (χ1v) is 10.6. The van der Waals surface area contributed by atoms with Gasteiger partial charge in [-0.2, -0.15) is 4.31 Å². The van der Waals surface area contributed by atoms with Gasteiger partial charge in [0.25, 0.3) is 10.0 Å². The Hall–Kier alpha value is -1.64. The van der Waals surface area contributed by atoms with Crippen molar-refractivity contribution in [2.24, 2.45) is 18.9 Å². The van der Waals surface area contributed by atoms with E-state index in [0.29, 0.717) is 31.0 Å². The van der Waals surface area contributed by atoms with E-state index in [9.17, 15) is 8.42 Å². The Morgan fingerprint density at radius 1 is 1.35 bits per heavy atom. The second kappa shape index (κ2) is 6.83. The van der Waals surface area contributed by atoms with E-state index in [2.05, 4.69) is 16.9 Å². The van der Waals surface area contributed by atoms with Gasteiger partial charge in [0, 0.05) is 32.4 Å². The van der Waals surface area contributed by atoms with E-state index in [1.165, 1.54) is 6.33 Å². The van der Waals surface area contributed by atoms with Crippen LogP contribution in [0.15, 0.2) is 40.4 Å². The Balaban J connectivity index is 1.50. The fraction of sp³-hybridized carbons (Fsp3) is 0.611. The van der Waals surface area contributed by atoms with Crippen molar-refractivity contribution in [2.75, 3.05) is 20.1 Å².